The monoisotopic (exact) mass is 554 g/mol. The van der Waals surface area contributed by atoms with Crippen molar-refractivity contribution in [2.24, 2.45) is 4.99 Å². The van der Waals surface area contributed by atoms with Gasteiger partial charge in [0.05, 0.1) is 12.6 Å². The van der Waals surface area contributed by atoms with Gasteiger partial charge in [-0.2, -0.15) is 0 Å². The lowest BCUT2D eigenvalue weighted by molar-refractivity contribution is 0.0857. The van der Waals surface area contributed by atoms with Crippen molar-refractivity contribution in [3.05, 3.63) is 71.0 Å². The molecule has 0 bridgehead atoms. The maximum Gasteiger partial charge on any atom is 0.251 e. The summed E-state index contributed by atoms with van der Waals surface area (Å²) < 4.78 is 19.0. The second kappa shape index (κ2) is 13.4. The molecule has 1 aliphatic heterocycles. The lowest BCUT2D eigenvalue weighted by Crippen LogP contribution is -2.38. The fourth-order valence-electron chi connectivity index (χ4n) is 3.54. The van der Waals surface area contributed by atoms with Crippen molar-refractivity contribution in [2.75, 3.05) is 26.7 Å². The number of hydrogen-bond acceptors (Lipinski definition) is 3. The Labute approximate surface area is 206 Å². The summed E-state index contributed by atoms with van der Waals surface area (Å²) in [4.78, 5) is 19.1. The minimum atomic E-state index is -0.248. The molecule has 1 aliphatic rings. The first kappa shape index (κ1) is 26.1. The maximum absolute atomic E-state index is 13.5. The van der Waals surface area contributed by atoms with Crippen molar-refractivity contribution < 1.29 is 13.9 Å². The molecule has 0 spiro atoms. The highest BCUT2D eigenvalue weighted by Gasteiger charge is 2.16. The standard InChI is InChI=1S/C24H31FN4O2.HI/c1-3-26-24(29(2)17-19-8-5-10-21(25)14-19)28-15-18-7-4-9-20(13-18)23(30)27-16-22-11-6-12-31-22;/h4-5,7-10,13-14,22H,3,6,11-12,15-17H2,1-2H3,(H,26,28)(H,27,30);1H. The molecule has 2 aromatic carbocycles. The number of benzene rings is 2. The van der Waals surface area contributed by atoms with E-state index in [0.717, 1.165) is 43.1 Å². The van der Waals surface area contributed by atoms with Gasteiger partial charge in [-0.25, -0.2) is 9.38 Å². The molecule has 0 radical (unpaired) electrons. The number of hydrogen-bond donors (Lipinski definition) is 2. The summed E-state index contributed by atoms with van der Waals surface area (Å²) in [7, 11) is 1.92. The van der Waals surface area contributed by atoms with Gasteiger partial charge in [0.15, 0.2) is 5.96 Å². The Hall–Kier alpha value is -2.20. The number of nitrogens with zero attached hydrogens (tertiary/aromatic N) is 2. The number of ether oxygens (including phenoxy) is 1. The third-order valence-corrected chi connectivity index (χ3v) is 5.12. The van der Waals surface area contributed by atoms with Crippen LogP contribution < -0.4 is 10.6 Å². The van der Waals surface area contributed by atoms with Crippen LogP contribution in [0.4, 0.5) is 4.39 Å². The molecule has 1 fully saturated rings. The summed E-state index contributed by atoms with van der Waals surface area (Å²) >= 11 is 0. The van der Waals surface area contributed by atoms with E-state index in [1.807, 2.05) is 43.1 Å². The van der Waals surface area contributed by atoms with Gasteiger partial charge in [0.25, 0.3) is 5.91 Å². The highest BCUT2D eigenvalue weighted by Crippen LogP contribution is 2.12. The molecule has 1 atom stereocenters. The third kappa shape index (κ3) is 8.05. The van der Waals surface area contributed by atoms with Crippen molar-refractivity contribution in [2.45, 2.75) is 39.0 Å². The van der Waals surface area contributed by atoms with Crippen LogP contribution in [0.5, 0.6) is 0 Å². The molecule has 32 heavy (non-hydrogen) atoms. The van der Waals surface area contributed by atoms with Gasteiger partial charge in [0, 0.05) is 38.9 Å². The molecule has 1 saturated heterocycles. The highest BCUT2D eigenvalue weighted by atomic mass is 127. The summed E-state index contributed by atoms with van der Waals surface area (Å²) in [6, 6.07) is 14.1. The van der Waals surface area contributed by atoms with Crippen molar-refractivity contribution in [3.8, 4) is 0 Å². The molecule has 174 valence electrons. The molecule has 8 heteroatoms. The molecular weight excluding hydrogens is 522 g/mol. The van der Waals surface area contributed by atoms with Crippen molar-refractivity contribution in [3.63, 3.8) is 0 Å². The van der Waals surface area contributed by atoms with Crippen LogP contribution in [0, 0.1) is 5.82 Å². The summed E-state index contributed by atoms with van der Waals surface area (Å²) in [6.07, 6.45) is 2.16. The zero-order valence-corrected chi connectivity index (χ0v) is 21.0. The van der Waals surface area contributed by atoms with Gasteiger partial charge in [-0.05, 0) is 55.2 Å². The van der Waals surface area contributed by atoms with Crippen LogP contribution in [0.3, 0.4) is 0 Å². The van der Waals surface area contributed by atoms with Crippen LogP contribution in [0.15, 0.2) is 53.5 Å². The quantitative estimate of drug-likeness (QED) is 0.295. The fourth-order valence-corrected chi connectivity index (χ4v) is 3.54. The van der Waals surface area contributed by atoms with E-state index in [1.54, 1.807) is 12.1 Å². The molecule has 2 N–H and O–H groups in total. The number of aliphatic imine (C=N–C) groups is 1. The summed E-state index contributed by atoms with van der Waals surface area (Å²) in [5, 5.41) is 6.22. The van der Waals surface area contributed by atoms with Gasteiger partial charge in [0.1, 0.15) is 5.82 Å². The summed E-state index contributed by atoms with van der Waals surface area (Å²) in [5.74, 6) is 0.374. The number of guanidine groups is 1. The van der Waals surface area contributed by atoms with Crippen LogP contribution in [-0.4, -0.2) is 49.6 Å². The number of rotatable bonds is 8. The zero-order chi connectivity index (χ0) is 22.1. The van der Waals surface area contributed by atoms with Gasteiger partial charge >= 0.3 is 0 Å². The van der Waals surface area contributed by atoms with E-state index in [0.29, 0.717) is 25.2 Å². The summed E-state index contributed by atoms with van der Waals surface area (Å²) in [5.41, 5.74) is 2.43. The molecular formula is C24H32FIN4O2. The van der Waals surface area contributed by atoms with E-state index in [4.69, 9.17) is 9.73 Å². The van der Waals surface area contributed by atoms with Gasteiger partial charge in [-0.15, -0.1) is 24.0 Å². The van der Waals surface area contributed by atoms with Crippen molar-refractivity contribution in [1.82, 2.24) is 15.5 Å². The third-order valence-electron chi connectivity index (χ3n) is 5.12. The largest absolute Gasteiger partial charge is 0.376 e. The maximum atomic E-state index is 13.5. The van der Waals surface area contributed by atoms with Gasteiger partial charge in [0.2, 0.25) is 0 Å². The van der Waals surface area contributed by atoms with E-state index in [-0.39, 0.29) is 41.8 Å². The lowest BCUT2D eigenvalue weighted by atomic mass is 10.1. The molecule has 0 saturated carbocycles. The Morgan fingerprint density at radius 1 is 1.19 bits per heavy atom. The zero-order valence-electron chi connectivity index (χ0n) is 18.6. The van der Waals surface area contributed by atoms with E-state index in [2.05, 4.69) is 10.6 Å². The normalized spacial score (nSPS) is 15.7. The number of halogens is 2. The first-order chi connectivity index (χ1) is 15.0. The van der Waals surface area contributed by atoms with Gasteiger partial charge in [-0.1, -0.05) is 24.3 Å². The molecule has 1 heterocycles. The fraction of sp³-hybridized carbons (Fsp3) is 0.417. The predicted octanol–water partition coefficient (Wildman–Crippen LogP) is 3.95. The van der Waals surface area contributed by atoms with E-state index in [9.17, 15) is 9.18 Å². The summed E-state index contributed by atoms with van der Waals surface area (Å²) in [6.45, 7) is 5.01. The Balaban J connectivity index is 0.00000363. The van der Waals surface area contributed by atoms with Crippen LogP contribution in [0.25, 0.3) is 0 Å². The first-order valence-electron chi connectivity index (χ1n) is 10.8. The average molecular weight is 554 g/mol. The van der Waals surface area contributed by atoms with Crippen LogP contribution in [0.1, 0.15) is 41.3 Å². The topological polar surface area (TPSA) is 66.0 Å². The molecule has 0 aromatic heterocycles. The number of amides is 1. The SMILES string of the molecule is CCNC(=NCc1cccc(C(=O)NCC2CCCO2)c1)N(C)Cc1cccc(F)c1.I. The lowest BCUT2D eigenvalue weighted by Gasteiger charge is -2.22. The smallest absolute Gasteiger partial charge is 0.251 e. The average Bonchev–Trinajstić information content (AvgIpc) is 3.29. The van der Waals surface area contributed by atoms with Gasteiger partial charge in [-0.3, -0.25) is 4.79 Å². The minimum Gasteiger partial charge on any atom is -0.376 e. The molecule has 1 amide bonds. The van der Waals surface area contributed by atoms with Crippen LogP contribution >= 0.6 is 24.0 Å². The molecule has 0 aliphatic carbocycles. The second-order valence-electron chi connectivity index (χ2n) is 7.70. The molecule has 6 nitrogen and oxygen atoms in total. The van der Waals surface area contributed by atoms with E-state index in [1.165, 1.54) is 12.1 Å². The number of carbonyl (C=O) groups is 1. The minimum absolute atomic E-state index is 0. The van der Waals surface area contributed by atoms with Crippen molar-refractivity contribution >= 4 is 35.8 Å². The number of carbonyl (C=O) groups excluding carboxylic acids is 1. The second-order valence-corrected chi connectivity index (χ2v) is 7.70. The Morgan fingerprint density at radius 2 is 1.97 bits per heavy atom. The Kier molecular flexibility index (Phi) is 10.9. The van der Waals surface area contributed by atoms with Gasteiger partial charge < -0.3 is 20.3 Å². The molecule has 2 aromatic rings. The highest BCUT2D eigenvalue weighted by molar-refractivity contribution is 14.0. The molecule has 3 rings (SSSR count). The van der Waals surface area contributed by atoms with Crippen LogP contribution in [0.2, 0.25) is 0 Å². The Morgan fingerprint density at radius 3 is 2.69 bits per heavy atom. The number of nitrogens with one attached hydrogen (secondary N) is 2. The van der Waals surface area contributed by atoms with E-state index < -0.39 is 0 Å². The van der Waals surface area contributed by atoms with Crippen LogP contribution in [-0.2, 0) is 17.8 Å². The Bertz CT molecular complexity index is 903. The predicted molar refractivity (Wildman–Crippen MR) is 136 cm³/mol. The first-order valence-corrected chi connectivity index (χ1v) is 10.8. The molecule has 1 unspecified atom stereocenters. The van der Waals surface area contributed by atoms with Crippen molar-refractivity contribution in [1.29, 1.82) is 0 Å². The van der Waals surface area contributed by atoms with E-state index >= 15 is 0 Å².